The SMILES string of the molecule is COc1ncnc(OC)c1C(=O)N[C@@H]1CCCNC1. The van der Waals surface area contributed by atoms with Crippen molar-refractivity contribution in [2.45, 2.75) is 18.9 Å². The van der Waals surface area contributed by atoms with Crippen molar-refractivity contribution in [2.24, 2.45) is 0 Å². The van der Waals surface area contributed by atoms with E-state index >= 15 is 0 Å². The molecule has 2 heterocycles. The third-order valence-corrected chi connectivity index (χ3v) is 3.02. The predicted octanol–water partition coefficient (Wildman–Crippen LogP) is -0.0244. The molecule has 104 valence electrons. The Kier molecular flexibility index (Phi) is 4.51. The molecular weight excluding hydrogens is 248 g/mol. The molecule has 0 spiro atoms. The molecule has 7 heteroatoms. The van der Waals surface area contributed by atoms with E-state index in [0.29, 0.717) is 0 Å². The summed E-state index contributed by atoms with van der Waals surface area (Å²) in [5, 5.41) is 6.18. The zero-order valence-corrected chi connectivity index (χ0v) is 11.1. The zero-order chi connectivity index (χ0) is 13.7. The maximum absolute atomic E-state index is 12.3. The van der Waals surface area contributed by atoms with Crippen molar-refractivity contribution in [1.82, 2.24) is 20.6 Å². The molecule has 1 aromatic heterocycles. The minimum Gasteiger partial charge on any atom is -0.480 e. The van der Waals surface area contributed by atoms with E-state index in [1.807, 2.05) is 0 Å². The third kappa shape index (κ3) is 3.11. The average Bonchev–Trinajstić information content (AvgIpc) is 2.47. The van der Waals surface area contributed by atoms with E-state index in [1.54, 1.807) is 0 Å². The number of ether oxygens (including phenoxy) is 2. The van der Waals surface area contributed by atoms with Gasteiger partial charge in [0.25, 0.3) is 5.91 Å². The van der Waals surface area contributed by atoms with Crippen LogP contribution in [0.4, 0.5) is 0 Å². The first-order valence-corrected chi connectivity index (χ1v) is 6.20. The highest BCUT2D eigenvalue weighted by Crippen LogP contribution is 2.23. The largest absolute Gasteiger partial charge is 0.480 e. The molecule has 1 aromatic rings. The van der Waals surface area contributed by atoms with Gasteiger partial charge >= 0.3 is 0 Å². The first-order valence-electron chi connectivity index (χ1n) is 6.20. The summed E-state index contributed by atoms with van der Waals surface area (Å²) in [6.45, 7) is 1.76. The van der Waals surface area contributed by atoms with Gasteiger partial charge in [0.05, 0.1) is 14.2 Å². The number of nitrogens with zero attached hydrogens (tertiary/aromatic N) is 2. The second-order valence-electron chi connectivity index (χ2n) is 4.28. The molecule has 0 saturated carbocycles. The lowest BCUT2D eigenvalue weighted by Gasteiger charge is -2.24. The quantitative estimate of drug-likeness (QED) is 0.796. The van der Waals surface area contributed by atoms with Crippen LogP contribution in [0.5, 0.6) is 11.8 Å². The molecule has 2 N–H and O–H groups in total. The monoisotopic (exact) mass is 266 g/mol. The molecule has 1 aliphatic rings. The first-order chi connectivity index (χ1) is 9.26. The predicted molar refractivity (Wildman–Crippen MR) is 68.5 cm³/mol. The number of nitrogens with one attached hydrogen (secondary N) is 2. The van der Waals surface area contributed by atoms with Gasteiger partial charge in [-0.05, 0) is 19.4 Å². The molecule has 1 atom stereocenters. The van der Waals surface area contributed by atoms with Crippen LogP contribution in [0, 0.1) is 0 Å². The third-order valence-electron chi connectivity index (χ3n) is 3.02. The lowest BCUT2D eigenvalue weighted by Crippen LogP contribution is -2.45. The summed E-state index contributed by atoms with van der Waals surface area (Å²) in [7, 11) is 2.92. The fourth-order valence-electron chi connectivity index (χ4n) is 2.09. The molecule has 1 amide bonds. The lowest BCUT2D eigenvalue weighted by atomic mass is 10.1. The Hall–Kier alpha value is -1.89. The van der Waals surface area contributed by atoms with Gasteiger partial charge in [0.1, 0.15) is 6.33 Å². The normalized spacial score (nSPS) is 18.7. The molecule has 0 bridgehead atoms. The van der Waals surface area contributed by atoms with Crippen LogP contribution in [-0.2, 0) is 0 Å². The summed E-state index contributed by atoms with van der Waals surface area (Å²) in [5.41, 5.74) is 0.234. The number of methoxy groups -OCH3 is 2. The standard InChI is InChI=1S/C12H18N4O3/c1-18-11-9(12(19-2)15-7-14-11)10(17)16-8-4-3-5-13-6-8/h7-8,13H,3-6H2,1-2H3,(H,16,17)/t8-/m1/s1. The van der Waals surface area contributed by atoms with Crippen molar-refractivity contribution < 1.29 is 14.3 Å². The second-order valence-corrected chi connectivity index (χ2v) is 4.28. The van der Waals surface area contributed by atoms with Crippen LogP contribution < -0.4 is 20.1 Å². The topological polar surface area (TPSA) is 85.4 Å². The van der Waals surface area contributed by atoms with Gasteiger partial charge in [-0.3, -0.25) is 4.79 Å². The van der Waals surface area contributed by atoms with Crippen molar-refractivity contribution in [1.29, 1.82) is 0 Å². The summed E-state index contributed by atoms with van der Waals surface area (Å²) in [5.74, 6) is 0.157. The van der Waals surface area contributed by atoms with Crippen molar-refractivity contribution in [3.05, 3.63) is 11.9 Å². The van der Waals surface area contributed by atoms with Gasteiger partial charge in [0.2, 0.25) is 11.8 Å². The van der Waals surface area contributed by atoms with Gasteiger partial charge in [-0.2, -0.15) is 0 Å². The van der Waals surface area contributed by atoms with Gasteiger partial charge < -0.3 is 20.1 Å². The van der Waals surface area contributed by atoms with E-state index < -0.39 is 0 Å². The van der Waals surface area contributed by atoms with Crippen LogP contribution >= 0.6 is 0 Å². The van der Waals surface area contributed by atoms with E-state index in [2.05, 4.69) is 20.6 Å². The first kappa shape index (κ1) is 13.5. The highest BCUT2D eigenvalue weighted by Gasteiger charge is 2.24. The zero-order valence-electron chi connectivity index (χ0n) is 11.1. The number of rotatable bonds is 4. The highest BCUT2D eigenvalue weighted by molar-refractivity contribution is 5.98. The molecule has 1 fully saturated rings. The van der Waals surface area contributed by atoms with Gasteiger partial charge in [-0.1, -0.05) is 0 Å². The fraction of sp³-hybridized carbons (Fsp3) is 0.583. The van der Waals surface area contributed by atoms with Crippen LogP contribution in [-0.4, -0.2) is 49.2 Å². The minimum absolute atomic E-state index is 0.107. The molecule has 0 unspecified atom stereocenters. The number of aromatic nitrogens is 2. The summed E-state index contributed by atoms with van der Waals surface area (Å²) in [6.07, 6.45) is 3.30. The fourth-order valence-corrected chi connectivity index (χ4v) is 2.09. The molecule has 1 aliphatic heterocycles. The number of piperidine rings is 1. The number of carbonyl (C=O) groups is 1. The summed E-state index contributed by atoms with van der Waals surface area (Å²) >= 11 is 0. The highest BCUT2D eigenvalue weighted by atomic mass is 16.5. The second kappa shape index (κ2) is 6.33. The van der Waals surface area contributed by atoms with Crippen LogP contribution in [0.3, 0.4) is 0 Å². The van der Waals surface area contributed by atoms with Crippen LogP contribution in [0.25, 0.3) is 0 Å². The molecule has 0 aromatic carbocycles. The maximum atomic E-state index is 12.3. The molecule has 7 nitrogen and oxygen atoms in total. The van der Waals surface area contributed by atoms with Gasteiger partial charge in [0, 0.05) is 12.6 Å². The molecule has 2 rings (SSSR count). The number of hydrogen-bond donors (Lipinski definition) is 2. The van der Waals surface area contributed by atoms with E-state index in [9.17, 15) is 4.79 Å². The Morgan fingerprint density at radius 1 is 1.37 bits per heavy atom. The van der Waals surface area contributed by atoms with Gasteiger partial charge in [0.15, 0.2) is 5.56 Å². The van der Waals surface area contributed by atoms with E-state index in [0.717, 1.165) is 25.9 Å². The molecule has 0 aliphatic carbocycles. The van der Waals surface area contributed by atoms with Crippen molar-refractivity contribution in [3.63, 3.8) is 0 Å². The summed E-state index contributed by atoms with van der Waals surface area (Å²) < 4.78 is 10.2. The Morgan fingerprint density at radius 2 is 2.05 bits per heavy atom. The Morgan fingerprint density at radius 3 is 2.58 bits per heavy atom. The van der Waals surface area contributed by atoms with Crippen molar-refractivity contribution >= 4 is 5.91 Å². The summed E-state index contributed by atoms with van der Waals surface area (Å²) in [6, 6.07) is 0.107. The van der Waals surface area contributed by atoms with Crippen LogP contribution in [0.1, 0.15) is 23.2 Å². The molecule has 0 radical (unpaired) electrons. The lowest BCUT2D eigenvalue weighted by molar-refractivity contribution is 0.0922. The van der Waals surface area contributed by atoms with Crippen molar-refractivity contribution in [2.75, 3.05) is 27.3 Å². The van der Waals surface area contributed by atoms with E-state index in [1.165, 1.54) is 20.5 Å². The Labute approximate surface area is 111 Å². The molecule has 1 saturated heterocycles. The number of carbonyl (C=O) groups excluding carboxylic acids is 1. The minimum atomic E-state index is -0.275. The van der Waals surface area contributed by atoms with Crippen LogP contribution in [0.15, 0.2) is 6.33 Å². The van der Waals surface area contributed by atoms with Gasteiger partial charge in [-0.15, -0.1) is 0 Å². The van der Waals surface area contributed by atoms with E-state index in [4.69, 9.17) is 9.47 Å². The molecular formula is C12H18N4O3. The smallest absolute Gasteiger partial charge is 0.262 e. The number of amides is 1. The average molecular weight is 266 g/mol. The van der Waals surface area contributed by atoms with Crippen molar-refractivity contribution in [3.8, 4) is 11.8 Å². The Bertz CT molecular complexity index is 424. The van der Waals surface area contributed by atoms with Gasteiger partial charge in [-0.25, -0.2) is 9.97 Å². The maximum Gasteiger partial charge on any atom is 0.262 e. The van der Waals surface area contributed by atoms with E-state index in [-0.39, 0.29) is 29.3 Å². The molecule has 19 heavy (non-hydrogen) atoms. The van der Waals surface area contributed by atoms with Crippen LogP contribution in [0.2, 0.25) is 0 Å². The Balaban J connectivity index is 2.17. The summed E-state index contributed by atoms with van der Waals surface area (Å²) in [4.78, 5) is 20.2. The number of hydrogen-bond acceptors (Lipinski definition) is 6.